The van der Waals surface area contributed by atoms with Crippen LogP contribution in [0.2, 0.25) is 0 Å². The van der Waals surface area contributed by atoms with Crippen molar-refractivity contribution in [2.24, 2.45) is 5.41 Å². The summed E-state index contributed by atoms with van der Waals surface area (Å²) >= 11 is 6.38. The maximum atomic E-state index is 6.38. The van der Waals surface area contributed by atoms with E-state index >= 15 is 0 Å². The highest BCUT2D eigenvalue weighted by atomic mass is 35.5. The minimum Gasteiger partial charge on any atom is -0.118 e. The van der Waals surface area contributed by atoms with Crippen LogP contribution in [0.25, 0.3) is 0 Å². The van der Waals surface area contributed by atoms with Gasteiger partial charge in [-0.2, -0.15) is 0 Å². The lowest BCUT2D eigenvalue weighted by Crippen LogP contribution is -2.22. The van der Waals surface area contributed by atoms with E-state index in [1.165, 1.54) is 36.8 Å². The summed E-state index contributed by atoms with van der Waals surface area (Å²) in [5.74, 6) is 0. The van der Waals surface area contributed by atoms with Gasteiger partial charge in [-0.15, -0.1) is 11.6 Å². The summed E-state index contributed by atoms with van der Waals surface area (Å²) in [5, 5.41) is 0.216. The molecular weight excluding hydrogens is 252 g/mol. The van der Waals surface area contributed by atoms with Crippen molar-refractivity contribution in [1.82, 2.24) is 0 Å². The zero-order valence-corrected chi connectivity index (χ0v) is 12.8. The molecule has 0 fully saturated rings. The van der Waals surface area contributed by atoms with Crippen LogP contribution in [0, 0.1) is 5.41 Å². The molecule has 1 unspecified atom stereocenters. The second kappa shape index (κ2) is 4.98. The Kier molecular flexibility index (Phi) is 3.47. The van der Waals surface area contributed by atoms with E-state index in [9.17, 15) is 0 Å². The molecule has 0 aromatic heterocycles. The van der Waals surface area contributed by atoms with Crippen LogP contribution in [-0.4, -0.2) is 5.38 Å². The molecule has 2 aliphatic rings. The molecule has 0 aliphatic heterocycles. The van der Waals surface area contributed by atoms with Crippen LogP contribution in [0.15, 0.2) is 29.8 Å². The predicted octanol–water partition coefficient (Wildman–Crippen LogP) is 5.07. The third kappa shape index (κ3) is 3.05. The molecule has 19 heavy (non-hydrogen) atoms. The quantitative estimate of drug-likeness (QED) is 0.522. The summed E-state index contributed by atoms with van der Waals surface area (Å²) in [4.78, 5) is 0. The number of alkyl halides is 1. The zero-order chi connectivity index (χ0) is 13.5. The number of rotatable bonds is 2. The highest BCUT2D eigenvalue weighted by Gasteiger charge is 2.27. The Balaban J connectivity index is 1.78. The molecule has 0 bridgehead atoms. The molecule has 0 radical (unpaired) electrons. The van der Waals surface area contributed by atoms with Crippen molar-refractivity contribution >= 4 is 11.6 Å². The molecule has 1 atom stereocenters. The topological polar surface area (TPSA) is 0 Å². The number of benzene rings is 1. The highest BCUT2D eigenvalue weighted by Crippen LogP contribution is 2.38. The molecule has 1 heteroatoms. The van der Waals surface area contributed by atoms with E-state index in [-0.39, 0.29) is 5.38 Å². The van der Waals surface area contributed by atoms with E-state index in [0.717, 1.165) is 12.8 Å². The van der Waals surface area contributed by atoms with Gasteiger partial charge in [0.05, 0.1) is 5.38 Å². The first-order chi connectivity index (χ1) is 9.02. The van der Waals surface area contributed by atoms with Gasteiger partial charge in [0.2, 0.25) is 0 Å². The van der Waals surface area contributed by atoms with Gasteiger partial charge >= 0.3 is 0 Å². The lowest BCUT2D eigenvalue weighted by atomic mass is 9.76. The molecule has 0 saturated heterocycles. The van der Waals surface area contributed by atoms with Gasteiger partial charge < -0.3 is 0 Å². The average molecular weight is 275 g/mol. The Morgan fingerprint density at radius 2 is 2.00 bits per heavy atom. The van der Waals surface area contributed by atoms with Gasteiger partial charge in [-0.1, -0.05) is 43.7 Å². The number of allylic oxidation sites excluding steroid dienone is 2. The van der Waals surface area contributed by atoms with Crippen LogP contribution < -0.4 is 0 Å². The van der Waals surface area contributed by atoms with Crippen LogP contribution in [0.5, 0.6) is 0 Å². The van der Waals surface area contributed by atoms with E-state index in [2.05, 4.69) is 38.1 Å². The molecule has 1 aromatic carbocycles. The van der Waals surface area contributed by atoms with E-state index in [1.54, 1.807) is 11.1 Å². The van der Waals surface area contributed by atoms with Crippen molar-refractivity contribution in [3.05, 3.63) is 46.5 Å². The Hall–Kier alpha value is -0.750. The van der Waals surface area contributed by atoms with Gasteiger partial charge in [-0.3, -0.25) is 0 Å². The number of fused-ring (bicyclic) bond motifs is 1. The predicted molar refractivity (Wildman–Crippen MR) is 82.9 cm³/mol. The lowest BCUT2D eigenvalue weighted by Gasteiger charge is -2.32. The number of aryl methyl sites for hydroxylation is 2. The van der Waals surface area contributed by atoms with Crippen molar-refractivity contribution in [2.75, 3.05) is 0 Å². The van der Waals surface area contributed by atoms with Crippen LogP contribution >= 0.6 is 11.6 Å². The first kappa shape index (κ1) is 13.2. The number of hydrogen-bond donors (Lipinski definition) is 0. The Morgan fingerprint density at radius 1 is 1.21 bits per heavy atom. The van der Waals surface area contributed by atoms with Gasteiger partial charge in [0.15, 0.2) is 0 Å². The lowest BCUT2D eigenvalue weighted by molar-refractivity contribution is 0.320. The SMILES string of the molecule is CC1(C)CC(Cc2ccc3c(c2)CCC3)=CC(Cl)C1. The highest BCUT2D eigenvalue weighted by molar-refractivity contribution is 6.21. The monoisotopic (exact) mass is 274 g/mol. The molecule has 102 valence electrons. The normalized spacial score (nSPS) is 25.0. The van der Waals surface area contributed by atoms with Gasteiger partial charge in [-0.05, 0) is 60.6 Å². The van der Waals surface area contributed by atoms with Crippen LogP contribution in [0.4, 0.5) is 0 Å². The van der Waals surface area contributed by atoms with Gasteiger partial charge in [0, 0.05) is 0 Å². The third-order valence-electron chi connectivity index (χ3n) is 4.46. The largest absolute Gasteiger partial charge is 0.118 e. The van der Waals surface area contributed by atoms with Crippen LogP contribution in [-0.2, 0) is 19.3 Å². The van der Waals surface area contributed by atoms with Crippen LogP contribution in [0.3, 0.4) is 0 Å². The maximum Gasteiger partial charge on any atom is 0.0523 e. The van der Waals surface area contributed by atoms with Crippen LogP contribution in [0.1, 0.15) is 49.8 Å². The Labute approximate surface area is 121 Å². The minimum atomic E-state index is 0.216. The van der Waals surface area contributed by atoms with Gasteiger partial charge in [-0.25, -0.2) is 0 Å². The third-order valence-corrected chi connectivity index (χ3v) is 4.74. The molecule has 0 nitrogen and oxygen atoms in total. The summed E-state index contributed by atoms with van der Waals surface area (Å²) in [6.07, 6.45) is 9.54. The molecule has 0 saturated carbocycles. The fourth-order valence-corrected chi connectivity index (χ4v) is 4.30. The van der Waals surface area contributed by atoms with Crippen molar-refractivity contribution in [1.29, 1.82) is 0 Å². The van der Waals surface area contributed by atoms with E-state index in [0.29, 0.717) is 5.41 Å². The van der Waals surface area contributed by atoms with Crippen molar-refractivity contribution in [2.45, 2.75) is 57.7 Å². The smallest absolute Gasteiger partial charge is 0.0523 e. The molecule has 0 amide bonds. The minimum absolute atomic E-state index is 0.216. The molecule has 2 aliphatic carbocycles. The second-order valence-corrected chi connectivity index (χ2v) is 7.58. The average Bonchev–Trinajstić information content (AvgIpc) is 2.73. The molecule has 3 rings (SSSR count). The number of hydrogen-bond acceptors (Lipinski definition) is 0. The first-order valence-electron chi connectivity index (χ1n) is 7.46. The summed E-state index contributed by atoms with van der Waals surface area (Å²) in [6.45, 7) is 4.66. The molecule has 0 spiro atoms. The molecular formula is C18H23Cl. The summed E-state index contributed by atoms with van der Waals surface area (Å²) in [7, 11) is 0. The fraction of sp³-hybridized carbons (Fsp3) is 0.556. The van der Waals surface area contributed by atoms with Gasteiger partial charge in [0.25, 0.3) is 0 Å². The summed E-state index contributed by atoms with van der Waals surface area (Å²) in [5.41, 5.74) is 6.49. The number of halogens is 1. The van der Waals surface area contributed by atoms with Crippen molar-refractivity contribution < 1.29 is 0 Å². The van der Waals surface area contributed by atoms with E-state index in [1.807, 2.05) is 0 Å². The Bertz CT molecular complexity index is 510. The van der Waals surface area contributed by atoms with Crippen molar-refractivity contribution in [3.63, 3.8) is 0 Å². The summed E-state index contributed by atoms with van der Waals surface area (Å²) in [6, 6.07) is 7.08. The van der Waals surface area contributed by atoms with Gasteiger partial charge in [0.1, 0.15) is 0 Å². The first-order valence-corrected chi connectivity index (χ1v) is 7.90. The van der Waals surface area contributed by atoms with E-state index < -0.39 is 0 Å². The standard InChI is InChI=1S/C18H23Cl/c1-18(2)11-14(10-17(19)12-18)8-13-6-7-15-4-3-5-16(15)9-13/h6-7,9-10,17H,3-5,8,11-12H2,1-2H3. The second-order valence-electron chi connectivity index (χ2n) is 7.02. The molecule has 0 N–H and O–H groups in total. The van der Waals surface area contributed by atoms with E-state index in [4.69, 9.17) is 11.6 Å². The van der Waals surface area contributed by atoms with Crippen molar-refractivity contribution in [3.8, 4) is 0 Å². The summed E-state index contributed by atoms with van der Waals surface area (Å²) < 4.78 is 0. The molecule has 1 aromatic rings. The fourth-order valence-electron chi connectivity index (χ4n) is 3.71. The maximum absolute atomic E-state index is 6.38. The Morgan fingerprint density at radius 3 is 2.79 bits per heavy atom. The zero-order valence-electron chi connectivity index (χ0n) is 12.0. The molecule has 0 heterocycles.